The summed E-state index contributed by atoms with van der Waals surface area (Å²) < 4.78 is 43.5. The van der Waals surface area contributed by atoms with E-state index in [9.17, 15) is 13.2 Å². The van der Waals surface area contributed by atoms with Gasteiger partial charge in [0.2, 0.25) is 0 Å². The number of sulfonamides is 1. The lowest BCUT2D eigenvalue weighted by Gasteiger charge is -2.27. The Bertz CT molecular complexity index is 969. The average Bonchev–Trinajstić information content (AvgIpc) is 2.60. The Kier molecular flexibility index (Phi) is 6.61. The van der Waals surface area contributed by atoms with Crippen molar-refractivity contribution in [1.29, 1.82) is 0 Å². The van der Waals surface area contributed by atoms with Crippen LogP contribution in [0.3, 0.4) is 0 Å². The van der Waals surface area contributed by atoms with Gasteiger partial charge in [-0.15, -0.1) is 0 Å². The number of hydrogen-bond donors (Lipinski definition) is 0. The fourth-order valence-corrected chi connectivity index (χ4v) is 4.24. The van der Waals surface area contributed by atoms with Crippen LogP contribution in [0.25, 0.3) is 0 Å². The molecule has 0 N–H and O–H groups in total. The van der Waals surface area contributed by atoms with Gasteiger partial charge in [-0.25, -0.2) is 13.2 Å². The maximum atomic E-state index is 13.3. The molecule has 9 heteroatoms. The molecule has 0 saturated carbocycles. The van der Waals surface area contributed by atoms with Crippen LogP contribution in [0.1, 0.15) is 20.8 Å². The van der Waals surface area contributed by atoms with Gasteiger partial charge in [0.05, 0.1) is 24.8 Å². The minimum atomic E-state index is -4.26. The van der Waals surface area contributed by atoms with Crippen LogP contribution >= 0.6 is 15.9 Å². The van der Waals surface area contributed by atoms with Crippen molar-refractivity contribution in [2.75, 3.05) is 18.5 Å². The fraction of sp³-hybridized carbons (Fsp3) is 0.316. The molecule has 0 spiro atoms. The van der Waals surface area contributed by atoms with Gasteiger partial charge in [0.1, 0.15) is 5.60 Å². The molecule has 0 fully saturated rings. The first kappa shape index (κ1) is 22.0. The number of anilines is 1. The van der Waals surface area contributed by atoms with E-state index >= 15 is 0 Å². The van der Waals surface area contributed by atoms with Crippen molar-refractivity contribution in [3.63, 3.8) is 0 Å². The van der Waals surface area contributed by atoms with Gasteiger partial charge < -0.3 is 14.2 Å². The van der Waals surface area contributed by atoms with Crippen LogP contribution in [-0.2, 0) is 14.8 Å². The Morgan fingerprint density at radius 1 is 1.00 bits per heavy atom. The predicted molar refractivity (Wildman–Crippen MR) is 110 cm³/mol. The van der Waals surface area contributed by atoms with E-state index in [4.69, 9.17) is 14.2 Å². The lowest BCUT2D eigenvalue weighted by atomic mass is 10.2. The van der Waals surface area contributed by atoms with Crippen molar-refractivity contribution in [2.45, 2.75) is 31.3 Å². The van der Waals surface area contributed by atoms with E-state index < -0.39 is 21.7 Å². The van der Waals surface area contributed by atoms with Crippen molar-refractivity contribution in [2.24, 2.45) is 0 Å². The van der Waals surface area contributed by atoms with Gasteiger partial charge in [-0.3, -0.25) is 0 Å². The van der Waals surface area contributed by atoms with Crippen LogP contribution in [0.5, 0.6) is 11.5 Å². The third-order valence-corrected chi connectivity index (χ3v) is 5.68. The Hall–Kier alpha value is -2.26. The highest BCUT2D eigenvalue weighted by atomic mass is 79.9. The van der Waals surface area contributed by atoms with Crippen LogP contribution < -0.4 is 13.8 Å². The SMILES string of the molecule is COc1ccc(N(C(=O)OC(C)(C)C)S(=O)(=O)c2cccc(Br)c2)cc1OC. The van der Waals surface area contributed by atoms with E-state index in [1.54, 1.807) is 32.9 Å². The van der Waals surface area contributed by atoms with Crippen molar-refractivity contribution < 1.29 is 27.4 Å². The second kappa shape index (κ2) is 8.40. The maximum Gasteiger partial charge on any atom is 0.429 e. The summed E-state index contributed by atoms with van der Waals surface area (Å²) in [7, 11) is -1.38. The van der Waals surface area contributed by atoms with Crippen molar-refractivity contribution in [1.82, 2.24) is 0 Å². The average molecular weight is 472 g/mol. The normalized spacial score (nSPS) is 11.6. The summed E-state index contributed by atoms with van der Waals surface area (Å²) in [5.74, 6) is 0.674. The molecule has 1 amide bonds. The first-order valence-corrected chi connectivity index (χ1v) is 10.5. The summed E-state index contributed by atoms with van der Waals surface area (Å²) in [6.45, 7) is 4.97. The lowest BCUT2D eigenvalue weighted by molar-refractivity contribution is 0.0609. The molecule has 0 aliphatic heterocycles. The molecule has 0 heterocycles. The number of carbonyl (C=O) groups excluding carboxylic acids is 1. The molecule has 0 saturated heterocycles. The molecule has 28 heavy (non-hydrogen) atoms. The lowest BCUT2D eigenvalue weighted by Crippen LogP contribution is -2.41. The van der Waals surface area contributed by atoms with Gasteiger partial charge >= 0.3 is 6.09 Å². The topological polar surface area (TPSA) is 82.1 Å². The van der Waals surface area contributed by atoms with Crippen molar-refractivity contribution in [3.05, 3.63) is 46.9 Å². The summed E-state index contributed by atoms with van der Waals surface area (Å²) in [5.41, 5.74) is -0.828. The third-order valence-electron chi connectivity index (χ3n) is 3.50. The summed E-state index contributed by atoms with van der Waals surface area (Å²) in [6, 6.07) is 10.4. The number of carbonyl (C=O) groups is 1. The van der Waals surface area contributed by atoms with Crippen LogP contribution in [-0.4, -0.2) is 34.3 Å². The van der Waals surface area contributed by atoms with Crippen molar-refractivity contribution in [3.8, 4) is 11.5 Å². The molecular formula is C19H22BrNO6S. The van der Waals surface area contributed by atoms with E-state index in [0.29, 0.717) is 14.5 Å². The molecular weight excluding hydrogens is 450 g/mol. The minimum absolute atomic E-state index is 0.0619. The number of halogens is 1. The van der Waals surface area contributed by atoms with Gasteiger partial charge in [-0.2, -0.15) is 4.31 Å². The zero-order valence-corrected chi connectivity index (χ0v) is 18.6. The quantitative estimate of drug-likeness (QED) is 0.633. The molecule has 0 aliphatic carbocycles. The third kappa shape index (κ3) is 4.96. The van der Waals surface area contributed by atoms with Crippen LogP contribution in [0.4, 0.5) is 10.5 Å². The molecule has 0 aliphatic rings. The maximum absolute atomic E-state index is 13.3. The number of hydrogen-bond acceptors (Lipinski definition) is 6. The van der Waals surface area contributed by atoms with Gasteiger partial charge in [0, 0.05) is 10.5 Å². The smallest absolute Gasteiger partial charge is 0.429 e. The first-order chi connectivity index (χ1) is 13.0. The number of amides is 1. The molecule has 152 valence electrons. The number of benzene rings is 2. The van der Waals surface area contributed by atoms with Crippen LogP contribution in [0.2, 0.25) is 0 Å². The van der Waals surface area contributed by atoms with E-state index in [2.05, 4.69) is 15.9 Å². The van der Waals surface area contributed by atoms with Crippen LogP contribution in [0.15, 0.2) is 51.8 Å². The molecule has 0 radical (unpaired) electrons. The molecule has 0 atom stereocenters. The molecule has 2 aromatic carbocycles. The van der Waals surface area contributed by atoms with E-state index in [1.165, 1.54) is 44.6 Å². The second-order valence-electron chi connectivity index (χ2n) is 6.75. The molecule has 0 aromatic heterocycles. The van der Waals surface area contributed by atoms with Gasteiger partial charge in [-0.05, 0) is 51.1 Å². The Labute approximate surface area is 173 Å². The summed E-state index contributed by atoms with van der Waals surface area (Å²) in [6.07, 6.45) is -1.03. The Morgan fingerprint density at radius 2 is 1.64 bits per heavy atom. The second-order valence-corrected chi connectivity index (χ2v) is 9.45. The molecule has 2 rings (SSSR count). The van der Waals surface area contributed by atoms with E-state index in [1.807, 2.05) is 0 Å². The van der Waals surface area contributed by atoms with Crippen molar-refractivity contribution >= 4 is 37.7 Å². The number of rotatable bonds is 5. The largest absolute Gasteiger partial charge is 0.493 e. The number of nitrogens with zero attached hydrogens (tertiary/aromatic N) is 1. The molecule has 0 bridgehead atoms. The Balaban J connectivity index is 2.65. The first-order valence-electron chi connectivity index (χ1n) is 8.25. The van der Waals surface area contributed by atoms with E-state index in [-0.39, 0.29) is 16.3 Å². The number of methoxy groups -OCH3 is 2. The zero-order chi connectivity index (χ0) is 21.1. The van der Waals surface area contributed by atoms with Gasteiger partial charge in [0.25, 0.3) is 10.0 Å². The molecule has 7 nitrogen and oxygen atoms in total. The summed E-state index contributed by atoms with van der Waals surface area (Å²) in [5, 5.41) is 0. The Morgan fingerprint density at radius 3 is 2.18 bits per heavy atom. The monoisotopic (exact) mass is 471 g/mol. The van der Waals surface area contributed by atoms with Gasteiger partial charge in [0.15, 0.2) is 11.5 Å². The zero-order valence-electron chi connectivity index (χ0n) is 16.2. The van der Waals surface area contributed by atoms with Gasteiger partial charge in [-0.1, -0.05) is 22.0 Å². The summed E-state index contributed by atoms with van der Waals surface area (Å²) >= 11 is 3.25. The number of ether oxygens (including phenoxy) is 3. The molecule has 2 aromatic rings. The van der Waals surface area contributed by atoms with E-state index in [0.717, 1.165) is 0 Å². The highest BCUT2D eigenvalue weighted by Gasteiger charge is 2.35. The highest BCUT2D eigenvalue weighted by molar-refractivity contribution is 9.10. The fourth-order valence-electron chi connectivity index (χ4n) is 2.33. The summed E-state index contributed by atoms with van der Waals surface area (Å²) in [4.78, 5) is 12.8. The minimum Gasteiger partial charge on any atom is -0.493 e. The standard InChI is InChI=1S/C19H22BrNO6S/c1-19(2,3)27-18(22)21(14-9-10-16(25-4)17(12-14)26-5)28(23,24)15-8-6-7-13(20)11-15/h6-12H,1-5H3. The highest BCUT2D eigenvalue weighted by Crippen LogP contribution is 2.35. The predicted octanol–water partition coefficient (Wildman–Crippen LogP) is 4.60. The molecule has 0 unspecified atom stereocenters. The van der Waals surface area contributed by atoms with Crippen LogP contribution in [0, 0.1) is 0 Å².